The van der Waals surface area contributed by atoms with E-state index < -0.39 is 6.10 Å². The van der Waals surface area contributed by atoms with Crippen molar-refractivity contribution in [1.29, 1.82) is 0 Å². The average Bonchev–Trinajstić information content (AvgIpc) is 2.92. The van der Waals surface area contributed by atoms with Crippen molar-refractivity contribution in [2.75, 3.05) is 6.61 Å². The van der Waals surface area contributed by atoms with Crippen LogP contribution in [0.25, 0.3) is 0 Å². The van der Waals surface area contributed by atoms with Gasteiger partial charge in [-0.1, -0.05) is 30.3 Å². The first-order valence-electron chi connectivity index (χ1n) is 6.91. The van der Waals surface area contributed by atoms with Gasteiger partial charge in [-0.2, -0.15) is 0 Å². The third-order valence-electron chi connectivity index (χ3n) is 3.72. The van der Waals surface area contributed by atoms with Crippen molar-refractivity contribution in [3.05, 3.63) is 65.0 Å². The summed E-state index contributed by atoms with van der Waals surface area (Å²) in [6.45, 7) is 0.747. The molecule has 1 aliphatic heterocycles. The Bertz CT molecular complexity index is 610. The Hall–Kier alpha value is -1.87. The zero-order valence-electron chi connectivity index (χ0n) is 11.2. The largest absolute Gasteiger partial charge is 0.493 e. The Morgan fingerprint density at radius 1 is 1.20 bits per heavy atom. The fourth-order valence-corrected chi connectivity index (χ4v) is 2.60. The number of aliphatic hydroxyl groups excluding tert-OH is 1. The van der Waals surface area contributed by atoms with Gasteiger partial charge in [-0.25, -0.2) is 4.39 Å². The van der Waals surface area contributed by atoms with Gasteiger partial charge in [-0.15, -0.1) is 0 Å². The van der Waals surface area contributed by atoms with Crippen LogP contribution in [0.1, 0.15) is 29.2 Å². The highest BCUT2D eigenvalue weighted by atomic mass is 19.1. The second-order valence-electron chi connectivity index (χ2n) is 5.12. The molecule has 2 nitrogen and oxygen atoms in total. The Morgan fingerprint density at radius 2 is 2.05 bits per heavy atom. The van der Waals surface area contributed by atoms with E-state index in [4.69, 9.17) is 4.74 Å². The van der Waals surface area contributed by atoms with Gasteiger partial charge in [0.2, 0.25) is 0 Å². The minimum absolute atomic E-state index is 0.345. The molecule has 0 saturated carbocycles. The minimum atomic E-state index is -0.763. The third kappa shape index (κ3) is 2.68. The molecular formula is C17H17FO2. The summed E-state index contributed by atoms with van der Waals surface area (Å²) >= 11 is 0. The SMILES string of the molecule is OC(CCc1ccc2c(c1)CCO2)c1ccccc1F. The van der Waals surface area contributed by atoms with Crippen molar-refractivity contribution in [1.82, 2.24) is 0 Å². The van der Waals surface area contributed by atoms with Gasteiger partial charge in [0, 0.05) is 12.0 Å². The van der Waals surface area contributed by atoms with Crippen LogP contribution in [-0.4, -0.2) is 11.7 Å². The molecule has 2 aromatic carbocycles. The van der Waals surface area contributed by atoms with E-state index in [0.717, 1.165) is 30.8 Å². The van der Waals surface area contributed by atoms with Crippen LogP contribution in [0.3, 0.4) is 0 Å². The quantitative estimate of drug-likeness (QED) is 0.924. The molecule has 0 aliphatic carbocycles. The first kappa shape index (κ1) is 13.1. The molecule has 0 fully saturated rings. The van der Waals surface area contributed by atoms with Crippen molar-refractivity contribution in [3.63, 3.8) is 0 Å². The van der Waals surface area contributed by atoms with Crippen molar-refractivity contribution < 1.29 is 14.2 Å². The molecule has 0 bridgehead atoms. The molecule has 1 heterocycles. The van der Waals surface area contributed by atoms with Crippen LogP contribution < -0.4 is 4.74 Å². The van der Waals surface area contributed by atoms with Crippen LogP contribution in [0, 0.1) is 5.82 Å². The number of benzene rings is 2. The number of fused-ring (bicyclic) bond motifs is 1. The summed E-state index contributed by atoms with van der Waals surface area (Å²) < 4.78 is 19.0. The van der Waals surface area contributed by atoms with Crippen LogP contribution in [0.5, 0.6) is 5.75 Å². The number of ether oxygens (including phenoxy) is 1. The van der Waals surface area contributed by atoms with Gasteiger partial charge in [0.05, 0.1) is 12.7 Å². The second kappa shape index (κ2) is 5.63. The molecule has 0 aromatic heterocycles. The van der Waals surface area contributed by atoms with E-state index in [1.165, 1.54) is 11.6 Å². The standard InChI is InChI=1S/C17H17FO2/c18-15-4-2-1-3-14(15)16(19)7-5-12-6-8-17-13(11-12)9-10-20-17/h1-4,6,8,11,16,19H,5,7,9-10H2. The van der Waals surface area contributed by atoms with Crippen LogP contribution >= 0.6 is 0 Å². The molecule has 3 heteroatoms. The summed E-state index contributed by atoms with van der Waals surface area (Å²) in [4.78, 5) is 0. The normalized spacial score (nSPS) is 14.7. The molecule has 1 N–H and O–H groups in total. The summed E-state index contributed by atoms with van der Waals surface area (Å²) in [6, 6.07) is 12.5. The first-order valence-corrected chi connectivity index (χ1v) is 6.91. The summed E-state index contributed by atoms with van der Waals surface area (Å²) in [5, 5.41) is 10.1. The fraction of sp³-hybridized carbons (Fsp3) is 0.294. The highest BCUT2D eigenvalue weighted by Gasteiger charge is 2.14. The van der Waals surface area contributed by atoms with E-state index in [0.29, 0.717) is 12.0 Å². The van der Waals surface area contributed by atoms with E-state index in [-0.39, 0.29) is 5.82 Å². The maximum atomic E-state index is 13.6. The Labute approximate surface area is 117 Å². The monoisotopic (exact) mass is 272 g/mol. The molecule has 1 aliphatic rings. The maximum absolute atomic E-state index is 13.6. The van der Waals surface area contributed by atoms with Gasteiger partial charge in [0.15, 0.2) is 0 Å². The first-order chi connectivity index (χ1) is 9.74. The van der Waals surface area contributed by atoms with Crippen LogP contribution in [-0.2, 0) is 12.8 Å². The molecule has 1 atom stereocenters. The minimum Gasteiger partial charge on any atom is -0.493 e. The molecule has 0 spiro atoms. The molecule has 2 aromatic rings. The van der Waals surface area contributed by atoms with Crippen molar-refractivity contribution in [3.8, 4) is 5.75 Å². The van der Waals surface area contributed by atoms with Gasteiger partial charge in [0.1, 0.15) is 11.6 Å². The Kier molecular flexibility index (Phi) is 3.70. The van der Waals surface area contributed by atoms with Crippen molar-refractivity contribution in [2.24, 2.45) is 0 Å². The molecule has 3 rings (SSSR count). The summed E-state index contributed by atoms with van der Waals surface area (Å²) in [5.74, 6) is 0.616. The average molecular weight is 272 g/mol. The Morgan fingerprint density at radius 3 is 2.90 bits per heavy atom. The lowest BCUT2D eigenvalue weighted by molar-refractivity contribution is 0.163. The number of hydrogen-bond acceptors (Lipinski definition) is 2. The summed E-state index contributed by atoms with van der Waals surface area (Å²) in [7, 11) is 0. The fourth-order valence-electron chi connectivity index (χ4n) is 2.60. The number of hydrogen-bond donors (Lipinski definition) is 1. The van der Waals surface area contributed by atoms with E-state index in [9.17, 15) is 9.50 Å². The number of aliphatic hydroxyl groups is 1. The highest BCUT2D eigenvalue weighted by Crippen LogP contribution is 2.27. The Balaban J connectivity index is 1.66. The zero-order valence-corrected chi connectivity index (χ0v) is 11.2. The number of rotatable bonds is 4. The highest BCUT2D eigenvalue weighted by molar-refractivity contribution is 5.39. The second-order valence-corrected chi connectivity index (χ2v) is 5.12. The third-order valence-corrected chi connectivity index (χ3v) is 3.72. The predicted molar refractivity (Wildman–Crippen MR) is 75.3 cm³/mol. The molecule has 1 unspecified atom stereocenters. The van der Waals surface area contributed by atoms with Crippen LogP contribution in [0.15, 0.2) is 42.5 Å². The van der Waals surface area contributed by atoms with Crippen LogP contribution in [0.2, 0.25) is 0 Å². The molecule has 104 valence electrons. The topological polar surface area (TPSA) is 29.5 Å². The van der Waals surface area contributed by atoms with Crippen molar-refractivity contribution >= 4 is 0 Å². The van der Waals surface area contributed by atoms with E-state index in [2.05, 4.69) is 6.07 Å². The van der Waals surface area contributed by atoms with Crippen LogP contribution in [0.4, 0.5) is 4.39 Å². The van der Waals surface area contributed by atoms with Gasteiger partial charge in [-0.3, -0.25) is 0 Å². The summed E-state index contributed by atoms with van der Waals surface area (Å²) in [5.41, 5.74) is 2.75. The molecule has 0 amide bonds. The maximum Gasteiger partial charge on any atom is 0.128 e. The van der Waals surface area contributed by atoms with Crippen molar-refractivity contribution in [2.45, 2.75) is 25.4 Å². The lowest BCUT2D eigenvalue weighted by Gasteiger charge is -2.12. The number of aryl methyl sites for hydroxylation is 1. The summed E-state index contributed by atoms with van der Waals surface area (Å²) in [6.07, 6.45) is 1.42. The molecule has 0 saturated heterocycles. The predicted octanol–water partition coefficient (Wildman–Crippen LogP) is 3.43. The molecule has 20 heavy (non-hydrogen) atoms. The van der Waals surface area contributed by atoms with E-state index in [1.54, 1.807) is 18.2 Å². The molecular weight excluding hydrogens is 255 g/mol. The van der Waals surface area contributed by atoms with Gasteiger partial charge in [0.25, 0.3) is 0 Å². The lowest BCUT2D eigenvalue weighted by Crippen LogP contribution is -2.02. The number of halogens is 1. The van der Waals surface area contributed by atoms with Gasteiger partial charge in [-0.05, 0) is 36.1 Å². The van der Waals surface area contributed by atoms with Gasteiger partial charge >= 0.3 is 0 Å². The van der Waals surface area contributed by atoms with E-state index in [1.807, 2.05) is 12.1 Å². The zero-order chi connectivity index (χ0) is 13.9. The molecule has 0 radical (unpaired) electrons. The van der Waals surface area contributed by atoms with Gasteiger partial charge < -0.3 is 9.84 Å². The smallest absolute Gasteiger partial charge is 0.128 e. The lowest BCUT2D eigenvalue weighted by atomic mass is 9.99. The van der Waals surface area contributed by atoms with E-state index >= 15 is 0 Å².